The second kappa shape index (κ2) is 18.8. The quantitative estimate of drug-likeness (QED) is 0.147. The van der Waals surface area contributed by atoms with Gasteiger partial charge in [0.15, 0.2) is 0 Å². The molecule has 2 unspecified atom stereocenters. The molecule has 0 spiro atoms. The summed E-state index contributed by atoms with van der Waals surface area (Å²) < 4.78 is 0. The summed E-state index contributed by atoms with van der Waals surface area (Å²) in [5.41, 5.74) is 0. The molecule has 2 N–H and O–H groups in total. The molecule has 1 rings (SSSR count). The molecular formula is C26H47NO6. The summed E-state index contributed by atoms with van der Waals surface area (Å²) in [4.78, 5) is 44.0. The van der Waals surface area contributed by atoms with Crippen molar-refractivity contribution < 1.29 is 29.3 Å². The lowest BCUT2D eigenvalue weighted by atomic mass is 10.0. The van der Waals surface area contributed by atoms with Crippen LogP contribution in [0.2, 0.25) is 0 Å². The highest BCUT2D eigenvalue weighted by Crippen LogP contribution is 2.16. The van der Waals surface area contributed by atoms with E-state index < -0.39 is 18.0 Å². The van der Waals surface area contributed by atoms with E-state index in [0.717, 1.165) is 44.9 Å². The molecule has 0 aliphatic carbocycles. The Kier molecular flexibility index (Phi) is 16.7. The zero-order valence-corrected chi connectivity index (χ0v) is 20.9. The predicted octanol–water partition coefficient (Wildman–Crippen LogP) is 5.52. The van der Waals surface area contributed by atoms with E-state index in [-0.39, 0.29) is 24.3 Å². The maximum atomic E-state index is 11.9. The molecule has 1 fully saturated rings. The second-order valence-corrected chi connectivity index (χ2v) is 9.63. The average Bonchev–Trinajstić information content (AvgIpc) is 3.24. The Morgan fingerprint density at radius 1 is 0.879 bits per heavy atom. The van der Waals surface area contributed by atoms with Crippen molar-refractivity contribution in [2.75, 3.05) is 0 Å². The number of unbranched alkanes of at least 4 members (excludes halogenated alkanes) is 11. The fourth-order valence-electron chi connectivity index (χ4n) is 4.15. The third-order valence-corrected chi connectivity index (χ3v) is 6.45. The van der Waals surface area contributed by atoms with E-state index in [1.54, 1.807) is 6.92 Å². The van der Waals surface area contributed by atoms with Gasteiger partial charge >= 0.3 is 11.9 Å². The van der Waals surface area contributed by atoms with Gasteiger partial charge in [-0.1, -0.05) is 97.3 Å². The predicted molar refractivity (Wildman–Crippen MR) is 128 cm³/mol. The van der Waals surface area contributed by atoms with Crippen molar-refractivity contribution in [1.82, 2.24) is 5.32 Å². The molecule has 0 radical (unpaired) electrons. The van der Waals surface area contributed by atoms with Gasteiger partial charge in [0.1, 0.15) is 6.04 Å². The molecule has 0 aromatic heterocycles. The van der Waals surface area contributed by atoms with Crippen LogP contribution in [-0.2, 0) is 24.2 Å². The number of carbonyl (C=O) groups is 3. The summed E-state index contributed by atoms with van der Waals surface area (Å²) in [6.07, 6.45) is 18.6. The van der Waals surface area contributed by atoms with Gasteiger partial charge in [-0.15, -0.1) is 0 Å². The van der Waals surface area contributed by atoms with Crippen LogP contribution in [0, 0.1) is 5.92 Å². The van der Waals surface area contributed by atoms with Crippen LogP contribution in [0.5, 0.6) is 0 Å². The Bertz CT molecular complexity index is 553. The van der Waals surface area contributed by atoms with Gasteiger partial charge in [-0.05, 0) is 25.7 Å². The van der Waals surface area contributed by atoms with Gasteiger partial charge < -0.3 is 10.4 Å². The molecule has 33 heavy (non-hydrogen) atoms. The first-order valence-corrected chi connectivity index (χ1v) is 13.3. The second-order valence-electron chi connectivity index (χ2n) is 9.63. The number of aliphatic hydroxyl groups excluding tert-OH is 1. The summed E-state index contributed by atoms with van der Waals surface area (Å²) >= 11 is 0. The highest BCUT2D eigenvalue weighted by molar-refractivity contribution is 5.88. The number of hydrogen-bond donors (Lipinski definition) is 2. The Morgan fingerprint density at radius 2 is 1.39 bits per heavy atom. The van der Waals surface area contributed by atoms with Crippen molar-refractivity contribution in [1.29, 1.82) is 0 Å². The molecule has 0 aromatic carbocycles. The summed E-state index contributed by atoms with van der Waals surface area (Å²) in [5.74, 6) is -1.78. The minimum atomic E-state index is -0.722. The monoisotopic (exact) mass is 469 g/mol. The van der Waals surface area contributed by atoms with E-state index in [1.807, 2.05) is 0 Å². The van der Waals surface area contributed by atoms with Crippen LogP contribution in [-0.4, -0.2) is 35.1 Å². The van der Waals surface area contributed by atoms with Crippen molar-refractivity contribution in [3.63, 3.8) is 0 Å². The Balaban J connectivity index is 1.88. The third-order valence-electron chi connectivity index (χ3n) is 6.45. The SMILES string of the molecule is CCCCCCC(O)CCCCCCCCCCCC(C)C(=O)OOC(=O)[C@@H]1CCC(=O)N1. The van der Waals surface area contributed by atoms with Gasteiger partial charge in [0.05, 0.1) is 12.0 Å². The first-order chi connectivity index (χ1) is 15.9. The molecule has 0 bridgehead atoms. The average molecular weight is 470 g/mol. The Hall–Kier alpha value is -1.63. The van der Waals surface area contributed by atoms with Crippen molar-refractivity contribution in [3.8, 4) is 0 Å². The third kappa shape index (κ3) is 15.0. The first-order valence-electron chi connectivity index (χ1n) is 13.3. The number of nitrogens with one attached hydrogen (secondary N) is 1. The lowest BCUT2D eigenvalue weighted by Gasteiger charge is -2.11. The molecule has 192 valence electrons. The fourth-order valence-corrected chi connectivity index (χ4v) is 4.15. The van der Waals surface area contributed by atoms with E-state index in [0.29, 0.717) is 12.8 Å². The minimum absolute atomic E-state index is 0.108. The number of amides is 1. The minimum Gasteiger partial charge on any atom is -0.393 e. The molecule has 1 amide bonds. The topological polar surface area (TPSA) is 102 Å². The van der Waals surface area contributed by atoms with Crippen LogP contribution < -0.4 is 5.32 Å². The van der Waals surface area contributed by atoms with Gasteiger partial charge in [-0.25, -0.2) is 19.4 Å². The van der Waals surface area contributed by atoms with Crippen LogP contribution in [0.15, 0.2) is 0 Å². The maximum Gasteiger partial charge on any atom is 0.377 e. The van der Waals surface area contributed by atoms with Crippen LogP contribution in [0.1, 0.15) is 129 Å². The number of carbonyl (C=O) groups excluding carboxylic acids is 3. The lowest BCUT2D eigenvalue weighted by molar-refractivity contribution is -0.263. The molecule has 1 saturated heterocycles. The van der Waals surface area contributed by atoms with E-state index >= 15 is 0 Å². The van der Waals surface area contributed by atoms with Crippen LogP contribution >= 0.6 is 0 Å². The van der Waals surface area contributed by atoms with Crippen molar-refractivity contribution in [3.05, 3.63) is 0 Å². The van der Waals surface area contributed by atoms with Crippen LogP contribution in [0.4, 0.5) is 0 Å². The van der Waals surface area contributed by atoms with Gasteiger partial charge in [-0.2, -0.15) is 0 Å². The number of hydrogen-bond acceptors (Lipinski definition) is 6. The lowest BCUT2D eigenvalue weighted by Crippen LogP contribution is -2.35. The van der Waals surface area contributed by atoms with E-state index in [9.17, 15) is 19.5 Å². The standard InChI is InChI=1S/C26H47NO6/c1-3-4-5-14-17-22(28)18-15-12-10-8-6-7-9-11-13-16-21(2)25(30)32-33-26(31)23-19-20-24(29)27-23/h21-23,28H,3-20H2,1-2H3,(H,27,29)/t21?,22?,23-/m0/s1. The van der Waals surface area contributed by atoms with Crippen LogP contribution in [0.25, 0.3) is 0 Å². The van der Waals surface area contributed by atoms with Crippen molar-refractivity contribution in [2.45, 2.75) is 142 Å². The van der Waals surface area contributed by atoms with Gasteiger partial charge in [0.25, 0.3) is 0 Å². The van der Waals surface area contributed by atoms with Gasteiger partial charge in [0.2, 0.25) is 5.91 Å². The zero-order valence-electron chi connectivity index (χ0n) is 20.9. The number of rotatable bonds is 19. The zero-order chi connectivity index (χ0) is 24.3. The van der Waals surface area contributed by atoms with Crippen molar-refractivity contribution in [2.24, 2.45) is 5.92 Å². The molecular weight excluding hydrogens is 422 g/mol. The van der Waals surface area contributed by atoms with E-state index in [4.69, 9.17) is 0 Å². The fraction of sp³-hybridized carbons (Fsp3) is 0.885. The molecule has 1 heterocycles. The molecule has 1 aliphatic rings. The Morgan fingerprint density at radius 3 is 1.91 bits per heavy atom. The summed E-state index contributed by atoms with van der Waals surface area (Å²) in [7, 11) is 0. The smallest absolute Gasteiger partial charge is 0.377 e. The van der Waals surface area contributed by atoms with Gasteiger partial charge in [0, 0.05) is 6.42 Å². The molecule has 7 heteroatoms. The number of aliphatic hydroxyl groups is 1. The van der Waals surface area contributed by atoms with Crippen LogP contribution in [0.3, 0.4) is 0 Å². The molecule has 3 atom stereocenters. The highest BCUT2D eigenvalue weighted by Gasteiger charge is 2.30. The molecule has 0 saturated carbocycles. The normalized spacial score (nSPS) is 17.4. The van der Waals surface area contributed by atoms with Crippen molar-refractivity contribution >= 4 is 17.8 Å². The maximum absolute atomic E-state index is 11.9. The van der Waals surface area contributed by atoms with E-state index in [2.05, 4.69) is 22.0 Å². The molecule has 1 aliphatic heterocycles. The summed E-state index contributed by atoms with van der Waals surface area (Å²) in [5, 5.41) is 12.5. The Labute approximate surface area is 200 Å². The summed E-state index contributed by atoms with van der Waals surface area (Å²) in [6, 6.07) is -0.715. The largest absolute Gasteiger partial charge is 0.393 e. The molecule has 0 aromatic rings. The summed E-state index contributed by atoms with van der Waals surface area (Å²) in [6.45, 7) is 3.98. The highest BCUT2D eigenvalue weighted by atomic mass is 17.2. The first kappa shape index (κ1) is 29.4. The van der Waals surface area contributed by atoms with E-state index in [1.165, 1.54) is 51.4 Å². The van der Waals surface area contributed by atoms with Gasteiger partial charge in [-0.3, -0.25) is 4.79 Å². The molecule has 7 nitrogen and oxygen atoms in total.